The van der Waals surface area contributed by atoms with Crippen LogP contribution in [0.15, 0.2) is 53.2 Å². The molecule has 1 fully saturated rings. The predicted octanol–water partition coefficient (Wildman–Crippen LogP) is 4.54. The largest absolute Gasteiger partial charge is 0.484 e. The highest BCUT2D eigenvalue weighted by Gasteiger charge is 2.34. The number of aromatic nitrogens is 3. The number of nitrogens with zero attached hydrogens (tertiary/aromatic N) is 4. The zero-order valence-electron chi connectivity index (χ0n) is 16.4. The maximum Gasteiger partial charge on any atom is 0.276 e. The van der Waals surface area contributed by atoms with E-state index < -0.39 is 0 Å². The molecule has 4 aromatic rings. The number of pyridine rings is 1. The minimum atomic E-state index is -0.135. The molecule has 0 radical (unpaired) electrons. The molecule has 4 heterocycles. The molecule has 1 amide bonds. The van der Waals surface area contributed by atoms with Crippen molar-refractivity contribution in [2.75, 3.05) is 6.54 Å². The molecule has 0 N–H and O–H groups in total. The number of hydrogen-bond donors (Lipinski definition) is 0. The number of amides is 1. The number of fused-ring (bicyclic) bond motifs is 1. The van der Waals surface area contributed by atoms with Gasteiger partial charge in [0, 0.05) is 18.3 Å². The maximum absolute atomic E-state index is 13.1. The molecule has 30 heavy (non-hydrogen) atoms. The van der Waals surface area contributed by atoms with Crippen molar-refractivity contribution in [1.29, 1.82) is 0 Å². The predicted molar refractivity (Wildman–Crippen MR) is 112 cm³/mol. The molecule has 0 bridgehead atoms. The number of rotatable bonds is 5. The lowest BCUT2D eigenvalue weighted by Crippen LogP contribution is -2.30. The third kappa shape index (κ3) is 3.66. The highest BCUT2D eigenvalue weighted by molar-refractivity contribution is 7.18. The normalized spacial score (nSPS) is 16.3. The lowest BCUT2D eigenvalue weighted by molar-refractivity contribution is 0.0724. The first-order valence-corrected chi connectivity index (χ1v) is 10.7. The van der Waals surface area contributed by atoms with E-state index in [1.54, 1.807) is 23.6 Å². The second kappa shape index (κ2) is 7.87. The van der Waals surface area contributed by atoms with Crippen molar-refractivity contribution in [2.45, 2.75) is 32.4 Å². The molecule has 0 aliphatic carbocycles. The topological polar surface area (TPSA) is 81.4 Å². The monoisotopic (exact) mass is 420 g/mol. The molecular weight excluding hydrogens is 400 g/mol. The van der Waals surface area contributed by atoms with E-state index in [9.17, 15) is 4.79 Å². The first kappa shape index (κ1) is 18.7. The van der Waals surface area contributed by atoms with Crippen molar-refractivity contribution in [3.63, 3.8) is 0 Å². The Morgan fingerprint density at radius 1 is 1.30 bits per heavy atom. The number of hydrogen-bond acceptors (Lipinski definition) is 7. The number of likely N-dealkylation sites (tertiary alicyclic amines) is 1. The number of benzene rings is 1. The molecule has 0 spiro atoms. The fourth-order valence-electron chi connectivity index (χ4n) is 3.62. The Kier molecular flexibility index (Phi) is 4.92. The van der Waals surface area contributed by atoms with Crippen LogP contribution in [0.4, 0.5) is 0 Å². The van der Waals surface area contributed by atoms with Gasteiger partial charge in [0.25, 0.3) is 5.91 Å². The van der Waals surface area contributed by atoms with E-state index in [0.29, 0.717) is 23.7 Å². The molecule has 1 aliphatic heterocycles. The Morgan fingerprint density at radius 3 is 3.03 bits per heavy atom. The van der Waals surface area contributed by atoms with Gasteiger partial charge in [-0.2, -0.15) is 0 Å². The van der Waals surface area contributed by atoms with Crippen LogP contribution in [0.5, 0.6) is 5.75 Å². The zero-order chi connectivity index (χ0) is 20.5. The summed E-state index contributed by atoms with van der Waals surface area (Å²) in [7, 11) is 0. The Labute approximate surface area is 177 Å². The third-order valence-corrected chi connectivity index (χ3v) is 6.29. The average Bonchev–Trinajstić information content (AvgIpc) is 3.51. The van der Waals surface area contributed by atoms with Gasteiger partial charge in [0.05, 0.1) is 22.5 Å². The van der Waals surface area contributed by atoms with E-state index >= 15 is 0 Å². The summed E-state index contributed by atoms with van der Waals surface area (Å²) in [5.41, 5.74) is 2.19. The molecule has 0 saturated carbocycles. The van der Waals surface area contributed by atoms with Crippen molar-refractivity contribution in [1.82, 2.24) is 20.0 Å². The smallest absolute Gasteiger partial charge is 0.276 e. The van der Waals surface area contributed by atoms with Crippen LogP contribution in [0.3, 0.4) is 0 Å². The van der Waals surface area contributed by atoms with Gasteiger partial charge in [0.1, 0.15) is 17.4 Å². The highest BCUT2D eigenvalue weighted by Crippen LogP contribution is 2.37. The minimum Gasteiger partial charge on any atom is -0.484 e. The van der Waals surface area contributed by atoms with Gasteiger partial charge < -0.3 is 14.2 Å². The summed E-state index contributed by atoms with van der Waals surface area (Å²) < 4.78 is 12.1. The summed E-state index contributed by atoms with van der Waals surface area (Å²) in [6.45, 7) is 2.79. The second-order valence-electron chi connectivity index (χ2n) is 7.28. The van der Waals surface area contributed by atoms with Crippen LogP contribution in [0.25, 0.3) is 10.2 Å². The molecule has 1 saturated heterocycles. The van der Waals surface area contributed by atoms with Crippen LogP contribution >= 0.6 is 11.3 Å². The zero-order valence-corrected chi connectivity index (χ0v) is 17.3. The number of carbonyl (C=O) groups is 1. The molecule has 0 unspecified atom stereocenters. The summed E-state index contributed by atoms with van der Waals surface area (Å²) in [5, 5.41) is 4.95. The summed E-state index contributed by atoms with van der Waals surface area (Å²) in [6, 6.07) is 13.4. The Balaban J connectivity index is 1.29. The van der Waals surface area contributed by atoms with Crippen molar-refractivity contribution >= 4 is 27.5 Å². The van der Waals surface area contributed by atoms with E-state index in [4.69, 9.17) is 14.2 Å². The quantitative estimate of drug-likeness (QED) is 0.471. The van der Waals surface area contributed by atoms with E-state index in [0.717, 1.165) is 33.8 Å². The standard InChI is InChI=1S/C22H20N4O3S/c1-14-8-9-15(12-23-14)28-13-16-11-18(25-29-16)22(27)26-10-4-6-19(26)21-24-17-5-2-3-7-20(17)30-21/h2-3,5,7-9,11-12,19H,4,6,10,13H2,1H3/t19-/m0/s1. The van der Waals surface area contributed by atoms with Crippen LogP contribution in [0.1, 0.15) is 45.8 Å². The average molecular weight is 420 g/mol. The Morgan fingerprint density at radius 2 is 2.20 bits per heavy atom. The van der Waals surface area contributed by atoms with E-state index in [1.807, 2.05) is 42.2 Å². The first-order chi connectivity index (χ1) is 14.7. The minimum absolute atomic E-state index is 0.0232. The first-order valence-electron chi connectivity index (χ1n) is 9.85. The number of carbonyl (C=O) groups excluding carboxylic acids is 1. The summed E-state index contributed by atoms with van der Waals surface area (Å²) in [4.78, 5) is 23.9. The molecule has 3 aromatic heterocycles. The van der Waals surface area contributed by atoms with E-state index in [1.165, 1.54) is 0 Å². The molecule has 7 nitrogen and oxygen atoms in total. The van der Waals surface area contributed by atoms with Gasteiger partial charge in [-0.05, 0) is 44.0 Å². The van der Waals surface area contributed by atoms with Crippen LogP contribution in [-0.2, 0) is 6.61 Å². The number of aryl methyl sites for hydroxylation is 1. The molecule has 152 valence electrons. The second-order valence-corrected chi connectivity index (χ2v) is 8.34. The van der Waals surface area contributed by atoms with Gasteiger partial charge in [-0.25, -0.2) is 4.98 Å². The Hall–Kier alpha value is -3.26. The number of para-hydroxylation sites is 1. The van der Waals surface area contributed by atoms with E-state index in [-0.39, 0.29) is 18.6 Å². The van der Waals surface area contributed by atoms with Gasteiger partial charge in [-0.15, -0.1) is 11.3 Å². The molecular formula is C22H20N4O3S. The van der Waals surface area contributed by atoms with Crippen molar-refractivity contribution in [3.05, 3.63) is 70.8 Å². The summed E-state index contributed by atoms with van der Waals surface area (Å²) in [6.07, 6.45) is 3.50. The van der Waals surface area contributed by atoms with Crippen LogP contribution < -0.4 is 4.74 Å². The van der Waals surface area contributed by atoms with Crippen LogP contribution in [0.2, 0.25) is 0 Å². The number of thiazole rings is 1. The highest BCUT2D eigenvalue weighted by atomic mass is 32.1. The van der Waals surface area contributed by atoms with Gasteiger partial charge in [0.15, 0.2) is 11.5 Å². The molecule has 1 aliphatic rings. The lowest BCUT2D eigenvalue weighted by atomic mass is 10.2. The lowest BCUT2D eigenvalue weighted by Gasteiger charge is -2.21. The summed E-state index contributed by atoms with van der Waals surface area (Å²) >= 11 is 1.65. The van der Waals surface area contributed by atoms with Gasteiger partial charge >= 0.3 is 0 Å². The fourth-order valence-corrected chi connectivity index (χ4v) is 4.74. The van der Waals surface area contributed by atoms with Gasteiger partial charge in [-0.1, -0.05) is 17.3 Å². The van der Waals surface area contributed by atoms with Crippen LogP contribution in [0, 0.1) is 6.92 Å². The van der Waals surface area contributed by atoms with Crippen molar-refractivity contribution in [2.24, 2.45) is 0 Å². The SMILES string of the molecule is Cc1ccc(OCc2cc(C(=O)N3CCC[C@H]3c3nc4ccccc4s3)no2)cn1. The maximum atomic E-state index is 13.1. The summed E-state index contributed by atoms with van der Waals surface area (Å²) in [5.74, 6) is 0.999. The van der Waals surface area contributed by atoms with Crippen molar-refractivity contribution in [3.8, 4) is 5.75 Å². The van der Waals surface area contributed by atoms with E-state index in [2.05, 4.69) is 16.2 Å². The number of ether oxygens (including phenoxy) is 1. The molecule has 8 heteroatoms. The van der Waals surface area contributed by atoms with Gasteiger partial charge in [0.2, 0.25) is 0 Å². The molecule has 5 rings (SSSR count). The fraction of sp³-hybridized carbons (Fsp3) is 0.273. The Bertz CT molecular complexity index is 1150. The van der Waals surface area contributed by atoms with Crippen LogP contribution in [-0.4, -0.2) is 32.5 Å². The molecule has 1 aromatic carbocycles. The van der Waals surface area contributed by atoms with Gasteiger partial charge in [-0.3, -0.25) is 9.78 Å². The molecule has 1 atom stereocenters. The van der Waals surface area contributed by atoms with Crippen molar-refractivity contribution < 1.29 is 14.1 Å². The third-order valence-electron chi connectivity index (χ3n) is 5.15.